The van der Waals surface area contributed by atoms with Crippen LogP contribution in [0.2, 0.25) is 0 Å². The van der Waals surface area contributed by atoms with Gasteiger partial charge in [-0.15, -0.1) is 0 Å². The van der Waals surface area contributed by atoms with Gasteiger partial charge in [0, 0.05) is 24.8 Å². The molecule has 0 fully saturated rings. The van der Waals surface area contributed by atoms with E-state index in [2.05, 4.69) is 10.3 Å². The summed E-state index contributed by atoms with van der Waals surface area (Å²) < 4.78 is 26.6. The molecule has 3 aromatic rings. The number of fused-ring (bicyclic) bond motifs is 1. The van der Waals surface area contributed by atoms with E-state index in [9.17, 15) is 13.2 Å². The standard InChI is InChI=1S/C16H15N3O3S/c1-11-3-5-14(6-4-11)23(21,22)19-8-7-12-9-13(16(20)17-2)10-18-15(12)19/h3-10H,1-2H3,(H,17,20). The maximum Gasteiger partial charge on any atom is 0.269 e. The minimum Gasteiger partial charge on any atom is -0.355 e. The lowest BCUT2D eigenvalue weighted by molar-refractivity contribution is 0.0963. The number of carbonyl (C=O) groups excluding carboxylic acids is 1. The third kappa shape index (κ3) is 2.59. The maximum absolute atomic E-state index is 12.7. The topological polar surface area (TPSA) is 81.1 Å². The van der Waals surface area contributed by atoms with Gasteiger partial charge in [-0.2, -0.15) is 0 Å². The second kappa shape index (κ2) is 5.51. The first-order valence-corrected chi connectivity index (χ1v) is 8.39. The summed E-state index contributed by atoms with van der Waals surface area (Å²) in [7, 11) is -2.20. The number of benzene rings is 1. The molecule has 0 radical (unpaired) electrons. The van der Waals surface area contributed by atoms with Crippen molar-refractivity contribution >= 4 is 27.0 Å². The van der Waals surface area contributed by atoms with Crippen LogP contribution in [0, 0.1) is 6.92 Å². The van der Waals surface area contributed by atoms with Gasteiger partial charge in [-0.1, -0.05) is 17.7 Å². The van der Waals surface area contributed by atoms with Gasteiger partial charge >= 0.3 is 0 Å². The second-order valence-electron chi connectivity index (χ2n) is 5.15. The Morgan fingerprint density at radius 1 is 1.17 bits per heavy atom. The highest BCUT2D eigenvalue weighted by atomic mass is 32.2. The van der Waals surface area contributed by atoms with E-state index in [4.69, 9.17) is 0 Å². The van der Waals surface area contributed by atoms with Crippen molar-refractivity contribution in [3.63, 3.8) is 0 Å². The minimum absolute atomic E-state index is 0.192. The summed E-state index contributed by atoms with van der Waals surface area (Å²) in [6, 6.07) is 9.86. The highest BCUT2D eigenvalue weighted by Gasteiger charge is 2.20. The van der Waals surface area contributed by atoms with Crippen LogP contribution in [0.5, 0.6) is 0 Å². The molecule has 7 heteroatoms. The van der Waals surface area contributed by atoms with E-state index < -0.39 is 10.0 Å². The van der Waals surface area contributed by atoms with Crippen molar-refractivity contribution in [1.29, 1.82) is 0 Å². The molecule has 0 saturated heterocycles. The average molecular weight is 329 g/mol. The van der Waals surface area contributed by atoms with E-state index >= 15 is 0 Å². The number of aryl methyl sites for hydroxylation is 1. The van der Waals surface area contributed by atoms with E-state index in [1.807, 2.05) is 6.92 Å². The molecule has 23 heavy (non-hydrogen) atoms. The normalized spacial score (nSPS) is 11.6. The van der Waals surface area contributed by atoms with Crippen LogP contribution in [0.4, 0.5) is 0 Å². The highest BCUT2D eigenvalue weighted by molar-refractivity contribution is 7.90. The second-order valence-corrected chi connectivity index (χ2v) is 6.96. The molecule has 1 amide bonds. The third-order valence-corrected chi connectivity index (χ3v) is 5.24. The lowest BCUT2D eigenvalue weighted by atomic mass is 10.2. The summed E-state index contributed by atoms with van der Waals surface area (Å²) in [6.45, 7) is 1.89. The van der Waals surface area contributed by atoms with Gasteiger partial charge < -0.3 is 5.32 Å². The predicted octanol–water partition coefficient (Wildman–Crippen LogP) is 1.94. The Labute approximate surface area is 133 Å². The summed E-state index contributed by atoms with van der Waals surface area (Å²) >= 11 is 0. The van der Waals surface area contributed by atoms with Crippen LogP contribution < -0.4 is 5.32 Å². The number of carbonyl (C=O) groups is 1. The van der Waals surface area contributed by atoms with Crippen LogP contribution in [0.3, 0.4) is 0 Å². The first-order chi connectivity index (χ1) is 10.9. The van der Waals surface area contributed by atoms with Gasteiger partial charge in [0.05, 0.1) is 10.5 Å². The molecular formula is C16H15N3O3S. The Kier molecular flexibility index (Phi) is 3.65. The van der Waals surface area contributed by atoms with E-state index in [0.717, 1.165) is 9.54 Å². The fourth-order valence-electron chi connectivity index (χ4n) is 2.29. The Hall–Kier alpha value is -2.67. The van der Waals surface area contributed by atoms with Gasteiger partial charge in [0.1, 0.15) is 0 Å². The van der Waals surface area contributed by atoms with Crippen molar-refractivity contribution in [3.8, 4) is 0 Å². The maximum atomic E-state index is 12.7. The molecule has 0 unspecified atom stereocenters. The molecule has 118 valence electrons. The fraction of sp³-hybridized carbons (Fsp3) is 0.125. The van der Waals surface area contributed by atoms with Crippen molar-refractivity contribution in [2.75, 3.05) is 7.05 Å². The summed E-state index contributed by atoms with van der Waals surface area (Å²) in [5, 5.41) is 3.10. The van der Waals surface area contributed by atoms with E-state index in [1.165, 1.54) is 19.4 Å². The molecule has 0 bridgehead atoms. The molecule has 2 aromatic heterocycles. The van der Waals surface area contributed by atoms with Gasteiger partial charge in [-0.25, -0.2) is 17.4 Å². The van der Waals surface area contributed by atoms with Crippen LogP contribution in [-0.2, 0) is 10.0 Å². The quantitative estimate of drug-likeness (QED) is 0.796. The molecule has 1 aromatic carbocycles. The van der Waals surface area contributed by atoms with Crippen LogP contribution >= 0.6 is 0 Å². The molecule has 0 aliphatic rings. The number of nitrogens with one attached hydrogen (secondary N) is 1. The monoisotopic (exact) mass is 329 g/mol. The van der Waals surface area contributed by atoms with Crippen molar-refractivity contribution < 1.29 is 13.2 Å². The fourth-order valence-corrected chi connectivity index (χ4v) is 3.59. The summed E-state index contributed by atoms with van der Waals surface area (Å²) in [6.07, 6.45) is 2.81. The minimum atomic E-state index is -3.72. The van der Waals surface area contributed by atoms with Gasteiger partial charge in [-0.05, 0) is 31.2 Å². The Morgan fingerprint density at radius 3 is 2.52 bits per heavy atom. The Balaban J connectivity index is 2.13. The first kappa shape index (κ1) is 15.2. The molecule has 6 nitrogen and oxygen atoms in total. The smallest absolute Gasteiger partial charge is 0.269 e. The molecule has 0 spiro atoms. The van der Waals surface area contributed by atoms with Gasteiger partial charge in [0.2, 0.25) is 0 Å². The van der Waals surface area contributed by atoms with Crippen LogP contribution in [-0.4, -0.2) is 30.3 Å². The van der Waals surface area contributed by atoms with E-state index in [0.29, 0.717) is 16.6 Å². The lowest BCUT2D eigenvalue weighted by Crippen LogP contribution is -2.18. The molecule has 1 N–H and O–H groups in total. The number of amides is 1. The van der Waals surface area contributed by atoms with Gasteiger partial charge in [0.15, 0.2) is 5.65 Å². The van der Waals surface area contributed by atoms with Gasteiger partial charge in [0.25, 0.3) is 15.9 Å². The molecule has 0 aliphatic heterocycles. The number of rotatable bonds is 3. The van der Waals surface area contributed by atoms with Crippen LogP contribution in [0.1, 0.15) is 15.9 Å². The predicted molar refractivity (Wildman–Crippen MR) is 86.9 cm³/mol. The number of hydrogen-bond donors (Lipinski definition) is 1. The van der Waals surface area contributed by atoms with Crippen molar-refractivity contribution in [2.45, 2.75) is 11.8 Å². The lowest BCUT2D eigenvalue weighted by Gasteiger charge is -2.07. The Bertz CT molecular complexity index is 989. The number of pyridine rings is 1. The molecule has 2 heterocycles. The summed E-state index contributed by atoms with van der Waals surface area (Å²) in [4.78, 5) is 16.0. The van der Waals surface area contributed by atoms with Crippen molar-refractivity contribution in [1.82, 2.24) is 14.3 Å². The van der Waals surface area contributed by atoms with Crippen molar-refractivity contribution in [2.24, 2.45) is 0 Å². The number of hydrogen-bond acceptors (Lipinski definition) is 4. The van der Waals surface area contributed by atoms with Gasteiger partial charge in [-0.3, -0.25) is 4.79 Å². The highest BCUT2D eigenvalue weighted by Crippen LogP contribution is 2.21. The Morgan fingerprint density at radius 2 is 1.87 bits per heavy atom. The molecule has 3 rings (SSSR count). The van der Waals surface area contributed by atoms with E-state index in [1.54, 1.807) is 36.4 Å². The first-order valence-electron chi connectivity index (χ1n) is 6.95. The molecule has 0 aliphatic carbocycles. The number of nitrogens with zero attached hydrogens (tertiary/aromatic N) is 2. The molecular weight excluding hydrogens is 314 g/mol. The number of aromatic nitrogens is 2. The summed E-state index contributed by atoms with van der Waals surface area (Å²) in [5.41, 5.74) is 1.65. The van der Waals surface area contributed by atoms with Crippen LogP contribution in [0.25, 0.3) is 11.0 Å². The zero-order valence-electron chi connectivity index (χ0n) is 12.6. The third-order valence-electron chi connectivity index (χ3n) is 3.56. The average Bonchev–Trinajstić information content (AvgIpc) is 2.98. The SMILES string of the molecule is CNC(=O)c1cnc2c(ccn2S(=O)(=O)c2ccc(C)cc2)c1. The van der Waals surface area contributed by atoms with Crippen LogP contribution in [0.15, 0.2) is 53.7 Å². The summed E-state index contributed by atoms with van der Waals surface area (Å²) in [5.74, 6) is -0.270. The zero-order valence-corrected chi connectivity index (χ0v) is 13.5. The van der Waals surface area contributed by atoms with E-state index in [-0.39, 0.29) is 10.8 Å². The zero-order chi connectivity index (χ0) is 16.6. The van der Waals surface area contributed by atoms with Crippen molar-refractivity contribution in [3.05, 3.63) is 59.9 Å². The molecule has 0 saturated carbocycles. The largest absolute Gasteiger partial charge is 0.355 e. The molecule has 0 atom stereocenters.